The van der Waals surface area contributed by atoms with Gasteiger partial charge in [0.05, 0.1) is 30.2 Å². The van der Waals surface area contributed by atoms with Gasteiger partial charge in [-0.25, -0.2) is 4.98 Å². The molecule has 1 aliphatic rings. The molecule has 0 N–H and O–H groups in total. The number of hydrogen-bond donors (Lipinski definition) is 0. The van der Waals surface area contributed by atoms with Crippen LogP contribution >= 0.6 is 11.8 Å². The van der Waals surface area contributed by atoms with Gasteiger partial charge < -0.3 is 9.47 Å². The molecule has 1 saturated heterocycles. The molecule has 3 aromatic rings. The van der Waals surface area contributed by atoms with Gasteiger partial charge in [0.2, 0.25) is 0 Å². The first-order chi connectivity index (χ1) is 13.7. The summed E-state index contributed by atoms with van der Waals surface area (Å²) in [6.07, 6.45) is 2.12. The van der Waals surface area contributed by atoms with Crippen molar-refractivity contribution in [2.75, 3.05) is 19.0 Å². The fraction of sp³-hybridized carbons (Fsp3) is 0.364. The molecule has 0 aliphatic carbocycles. The second kappa shape index (κ2) is 8.80. The third kappa shape index (κ3) is 4.39. The average molecular weight is 397 g/mol. The van der Waals surface area contributed by atoms with Gasteiger partial charge in [0.1, 0.15) is 5.75 Å². The number of benzene rings is 2. The van der Waals surface area contributed by atoms with Gasteiger partial charge in [-0.3, -0.25) is 9.36 Å². The Kier molecular flexibility index (Phi) is 5.98. The van der Waals surface area contributed by atoms with Crippen LogP contribution in [0.3, 0.4) is 0 Å². The number of hydrogen-bond acceptors (Lipinski definition) is 5. The van der Waals surface area contributed by atoms with Crippen molar-refractivity contribution < 1.29 is 9.47 Å². The van der Waals surface area contributed by atoms with Crippen LogP contribution in [0.15, 0.2) is 58.5 Å². The lowest BCUT2D eigenvalue weighted by Gasteiger charge is -2.16. The Morgan fingerprint density at radius 2 is 2.04 bits per heavy atom. The van der Waals surface area contributed by atoms with E-state index in [9.17, 15) is 4.79 Å². The van der Waals surface area contributed by atoms with Gasteiger partial charge in [0.25, 0.3) is 5.56 Å². The maximum Gasteiger partial charge on any atom is 0.262 e. The first-order valence-electron chi connectivity index (χ1n) is 9.64. The van der Waals surface area contributed by atoms with Gasteiger partial charge in [-0.1, -0.05) is 41.6 Å². The predicted octanol–water partition coefficient (Wildman–Crippen LogP) is 4.06. The number of rotatable bonds is 7. The molecule has 0 radical (unpaired) electrons. The summed E-state index contributed by atoms with van der Waals surface area (Å²) in [4.78, 5) is 17.8. The van der Waals surface area contributed by atoms with E-state index in [-0.39, 0.29) is 11.7 Å². The van der Waals surface area contributed by atoms with Crippen LogP contribution in [0, 0.1) is 6.92 Å². The Bertz CT molecular complexity index is 995. The van der Waals surface area contributed by atoms with Crippen molar-refractivity contribution in [3.8, 4) is 5.75 Å². The average Bonchev–Trinajstić information content (AvgIpc) is 3.22. The second-order valence-electron chi connectivity index (χ2n) is 6.97. The van der Waals surface area contributed by atoms with Crippen LogP contribution in [0.25, 0.3) is 10.9 Å². The fourth-order valence-corrected chi connectivity index (χ4v) is 4.16. The first kappa shape index (κ1) is 19.0. The summed E-state index contributed by atoms with van der Waals surface area (Å²) in [5.74, 6) is 1.57. The number of ether oxygens (including phenoxy) is 2. The molecule has 1 aromatic heterocycles. The highest BCUT2D eigenvalue weighted by atomic mass is 32.2. The summed E-state index contributed by atoms with van der Waals surface area (Å²) >= 11 is 1.55. The molecule has 1 atom stereocenters. The van der Waals surface area contributed by atoms with Crippen molar-refractivity contribution in [2.45, 2.75) is 37.6 Å². The van der Waals surface area contributed by atoms with E-state index in [1.165, 1.54) is 5.56 Å². The van der Waals surface area contributed by atoms with Gasteiger partial charge in [-0.05, 0) is 44.0 Å². The van der Waals surface area contributed by atoms with Crippen LogP contribution in [0.5, 0.6) is 5.75 Å². The van der Waals surface area contributed by atoms with E-state index in [1.807, 2.05) is 48.5 Å². The molecular formula is C22H24N2O3S. The molecule has 28 heavy (non-hydrogen) atoms. The van der Waals surface area contributed by atoms with Crippen molar-refractivity contribution in [3.63, 3.8) is 0 Å². The Labute approximate surface area is 168 Å². The summed E-state index contributed by atoms with van der Waals surface area (Å²) in [5, 5.41) is 1.38. The van der Waals surface area contributed by atoms with Crippen LogP contribution in [0.2, 0.25) is 0 Å². The summed E-state index contributed by atoms with van der Waals surface area (Å²) in [5.41, 5.74) is 1.95. The molecule has 0 amide bonds. The van der Waals surface area contributed by atoms with Crippen molar-refractivity contribution in [3.05, 3.63) is 64.4 Å². The zero-order valence-electron chi connectivity index (χ0n) is 16.0. The van der Waals surface area contributed by atoms with Crippen LogP contribution in [0.4, 0.5) is 0 Å². The molecule has 2 aromatic carbocycles. The van der Waals surface area contributed by atoms with Gasteiger partial charge in [0, 0.05) is 12.4 Å². The molecular weight excluding hydrogens is 372 g/mol. The van der Waals surface area contributed by atoms with Crippen LogP contribution in [-0.2, 0) is 11.3 Å². The third-order valence-corrected chi connectivity index (χ3v) is 5.78. The lowest BCUT2D eigenvalue weighted by Crippen LogP contribution is -2.29. The van der Waals surface area contributed by atoms with E-state index in [1.54, 1.807) is 16.3 Å². The highest BCUT2D eigenvalue weighted by molar-refractivity contribution is 7.99. The Hall–Kier alpha value is -2.31. The first-order valence-corrected chi connectivity index (χ1v) is 10.6. The molecule has 0 spiro atoms. The smallest absolute Gasteiger partial charge is 0.262 e. The molecule has 0 saturated carbocycles. The monoisotopic (exact) mass is 396 g/mol. The second-order valence-corrected chi connectivity index (χ2v) is 8.03. The van der Waals surface area contributed by atoms with E-state index >= 15 is 0 Å². The Balaban J connectivity index is 1.50. The summed E-state index contributed by atoms with van der Waals surface area (Å²) in [6, 6.07) is 15.5. The van der Waals surface area contributed by atoms with Crippen molar-refractivity contribution in [2.24, 2.45) is 0 Å². The van der Waals surface area contributed by atoms with Gasteiger partial charge in [-0.2, -0.15) is 0 Å². The molecule has 0 bridgehead atoms. The van der Waals surface area contributed by atoms with Gasteiger partial charge >= 0.3 is 0 Å². The maximum absolute atomic E-state index is 13.0. The van der Waals surface area contributed by atoms with E-state index in [2.05, 4.69) is 6.92 Å². The highest BCUT2D eigenvalue weighted by Gasteiger charge is 2.20. The van der Waals surface area contributed by atoms with E-state index < -0.39 is 0 Å². The number of para-hydroxylation sites is 1. The Morgan fingerprint density at radius 1 is 1.21 bits per heavy atom. The van der Waals surface area contributed by atoms with Crippen LogP contribution < -0.4 is 10.3 Å². The van der Waals surface area contributed by atoms with Crippen molar-refractivity contribution >= 4 is 22.7 Å². The SMILES string of the molecule is Cc1ccc(OCCSc2nc3ccccc3c(=O)n2CC2CCCO2)cc1. The minimum Gasteiger partial charge on any atom is -0.493 e. The number of fused-ring (bicyclic) bond motifs is 1. The molecule has 1 aliphatic heterocycles. The number of nitrogens with zero attached hydrogens (tertiary/aromatic N) is 2. The maximum atomic E-state index is 13.0. The lowest BCUT2D eigenvalue weighted by molar-refractivity contribution is 0.0937. The molecule has 1 fully saturated rings. The van der Waals surface area contributed by atoms with E-state index in [0.29, 0.717) is 24.3 Å². The largest absolute Gasteiger partial charge is 0.493 e. The summed E-state index contributed by atoms with van der Waals surface area (Å²) in [7, 11) is 0. The number of aryl methyl sites for hydroxylation is 1. The minimum atomic E-state index is 0.00283. The standard InChI is InChI=1S/C22H24N2O3S/c1-16-8-10-17(11-9-16)27-13-14-28-22-23-20-7-3-2-6-19(20)21(25)24(22)15-18-5-4-12-26-18/h2-3,6-11,18H,4-5,12-15H2,1H3. The zero-order chi connectivity index (χ0) is 19.3. The molecule has 6 heteroatoms. The zero-order valence-corrected chi connectivity index (χ0v) is 16.8. The molecule has 4 rings (SSSR count). The predicted molar refractivity (Wildman–Crippen MR) is 112 cm³/mol. The third-order valence-electron chi connectivity index (χ3n) is 4.84. The topological polar surface area (TPSA) is 53.3 Å². The lowest BCUT2D eigenvalue weighted by atomic mass is 10.2. The fourth-order valence-electron chi connectivity index (χ4n) is 3.34. The van der Waals surface area contributed by atoms with Gasteiger partial charge in [-0.15, -0.1) is 0 Å². The van der Waals surface area contributed by atoms with Crippen molar-refractivity contribution in [1.82, 2.24) is 9.55 Å². The molecule has 2 heterocycles. The molecule has 146 valence electrons. The minimum absolute atomic E-state index is 0.00283. The van der Waals surface area contributed by atoms with E-state index in [0.717, 1.165) is 35.9 Å². The van der Waals surface area contributed by atoms with Crippen LogP contribution in [0.1, 0.15) is 18.4 Å². The quantitative estimate of drug-likeness (QED) is 0.343. The summed E-state index contributed by atoms with van der Waals surface area (Å²) in [6.45, 7) is 3.93. The van der Waals surface area contributed by atoms with E-state index in [4.69, 9.17) is 14.5 Å². The molecule has 1 unspecified atom stereocenters. The summed E-state index contributed by atoms with van der Waals surface area (Å²) < 4.78 is 13.3. The molecule has 5 nitrogen and oxygen atoms in total. The van der Waals surface area contributed by atoms with Crippen LogP contribution in [-0.4, -0.2) is 34.6 Å². The van der Waals surface area contributed by atoms with Crippen molar-refractivity contribution in [1.29, 1.82) is 0 Å². The Morgan fingerprint density at radius 3 is 2.82 bits per heavy atom. The number of thioether (sulfide) groups is 1. The highest BCUT2D eigenvalue weighted by Crippen LogP contribution is 2.21. The number of aromatic nitrogens is 2. The van der Waals surface area contributed by atoms with Gasteiger partial charge in [0.15, 0.2) is 5.16 Å². The normalized spacial score (nSPS) is 16.5.